The summed E-state index contributed by atoms with van der Waals surface area (Å²) in [6, 6.07) is 8.70. The summed E-state index contributed by atoms with van der Waals surface area (Å²) in [5, 5.41) is 13.3. The van der Waals surface area contributed by atoms with E-state index in [1.165, 1.54) is 30.3 Å². The van der Waals surface area contributed by atoms with Gasteiger partial charge in [0.2, 0.25) is 5.76 Å². The highest BCUT2D eigenvalue weighted by Gasteiger charge is 2.16. The van der Waals surface area contributed by atoms with E-state index in [4.69, 9.17) is 9.15 Å². The molecule has 132 valence electrons. The van der Waals surface area contributed by atoms with E-state index >= 15 is 0 Å². The number of nitrogens with one attached hydrogen (secondary N) is 1. The summed E-state index contributed by atoms with van der Waals surface area (Å²) < 4.78 is 10.3. The molecule has 2 aromatic rings. The molecular weight excluding hydrogens is 328 g/mol. The van der Waals surface area contributed by atoms with E-state index in [1.807, 2.05) is 13.8 Å². The molecule has 1 amide bonds. The summed E-state index contributed by atoms with van der Waals surface area (Å²) in [6.07, 6.45) is 0. The third-order valence-electron chi connectivity index (χ3n) is 3.21. The van der Waals surface area contributed by atoms with Crippen molar-refractivity contribution in [2.24, 2.45) is 5.92 Å². The minimum Gasteiger partial charge on any atom is -0.450 e. The maximum atomic E-state index is 11.9. The lowest BCUT2D eigenvalue weighted by molar-refractivity contribution is -0.384. The molecule has 0 unspecified atom stereocenters. The summed E-state index contributed by atoms with van der Waals surface area (Å²) in [5.41, 5.74) is 0.543. The molecule has 25 heavy (non-hydrogen) atoms. The Morgan fingerprint density at radius 2 is 1.88 bits per heavy atom. The van der Waals surface area contributed by atoms with E-state index in [1.54, 1.807) is 6.07 Å². The first kappa shape index (κ1) is 18.2. The van der Waals surface area contributed by atoms with E-state index in [0.717, 1.165) is 0 Å². The molecule has 1 aromatic carbocycles. The number of benzene rings is 1. The van der Waals surface area contributed by atoms with E-state index in [9.17, 15) is 19.7 Å². The predicted octanol–water partition coefficient (Wildman–Crippen LogP) is 2.78. The van der Waals surface area contributed by atoms with Crippen molar-refractivity contribution in [2.75, 3.05) is 13.2 Å². The number of amides is 1. The second-order valence-corrected chi connectivity index (χ2v) is 5.74. The number of carbonyl (C=O) groups excluding carboxylic acids is 2. The van der Waals surface area contributed by atoms with Gasteiger partial charge in [-0.2, -0.15) is 0 Å². The molecule has 8 heteroatoms. The van der Waals surface area contributed by atoms with Crippen LogP contribution in [0.1, 0.15) is 24.4 Å². The topological polar surface area (TPSA) is 112 Å². The number of rotatable bonds is 7. The standard InChI is InChI=1S/C17H18N2O6/c1-11(2)9-18-16(20)10-24-17(21)15-8-7-14(25-15)12-3-5-13(6-4-12)19(22)23/h3-8,11H,9-10H2,1-2H3,(H,18,20). The first-order valence-electron chi connectivity index (χ1n) is 7.65. The number of hydrogen-bond acceptors (Lipinski definition) is 6. The first-order valence-corrected chi connectivity index (χ1v) is 7.65. The normalized spacial score (nSPS) is 10.5. The lowest BCUT2D eigenvalue weighted by Crippen LogP contribution is -2.31. The van der Waals surface area contributed by atoms with Crippen LogP contribution in [-0.2, 0) is 9.53 Å². The average Bonchev–Trinajstić information content (AvgIpc) is 3.08. The Hall–Kier alpha value is -3.16. The largest absolute Gasteiger partial charge is 0.450 e. The second-order valence-electron chi connectivity index (χ2n) is 5.74. The Labute approximate surface area is 143 Å². The van der Waals surface area contributed by atoms with E-state index < -0.39 is 10.9 Å². The van der Waals surface area contributed by atoms with Gasteiger partial charge in [-0.1, -0.05) is 13.8 Å². The van der Waals surface area contributed by atoms with Gasteiger partial charge in [0.1, 0.15) is 5.76 Å². The van der Waals surface area contributed by atoms with E-state index in [-0.39, 0.29) is 24.0 Å². The quantitative estimate of drug-likeness (QED) is 0.469. The van der Waals surface area contributed by atoms with Crippen molar-refractivity contribution in [2.45, 2.75) is 13.8 Å². The molecule has 1 aromatic heterocycles. The molecule has 0 aliphatic rings. The lowest BCUT2D eigenvalue weighted by atomic mass is 10.1. The van der Waals surface area contributed by atoms with Crippen LogP contribution in [0, 0.1) is 16.0 Å². The minimum absolute atomic E-state index is 0.0395. The zero-order valence-corrected chi connectivity index (χ0v) is 13.9. The van der Waals surface area contributed by atoms with Crippen molar-refractivity contribution < 1.29 is 23.7 Å². The fourth-order valence-corrected chi connectivity index (χ4v) is 1.92. The Kier molecular flexibility index (Phi) is 5.89. The van der Waals surface area contributed by atoms with Crippen LogP contribution in [0.4, 0.5) is 5.69 Å². The molecule has 1 heterocycles. The van der Waals surface area contributed by atoms with Crippen molar-refractivity contribution in [3.8, 4) is 11.3 Å². The molecule has 0 atom stereocenters. The van der Waals surface area contributed by atoms with Crippen LogP contribution >= 0.6 is 0 Å². The number of furan rings is 1. The smallest absolute Gasteiger partial charge is 0.374 e. The third-order valence-corrected chi connectivity index (χ3v) is 3.21. The molecule has 0 fully saturated rings. The van der Waals surface area contributed by atoms with Gasteiger partial charge in [-0.3, -0.25) is 14.9 Å². The van der Waals surface area contributed by atoms with Crippen LogP contribution in [-0.4, -0.2) is 30.0 Å². The van der Waals surface area contributed by atoms with Crippen molar-refractivity contribution in [3.63, 3.8) is 0 Å². The van der Waals surface area contributed by atoms with Gasteiger partial charge in [0.15, 0.2) is 6.61 Å². The van der Waals surface area contributed by atoms with Crippen LogP contribution in [0.25, 0.3) is 11.3 Å². The molecule has 0 bridgehead atoms. The predicted molar refractivity (Wildman–Crippen MR) is 88.9 cm³/mol. The summed E-state index contributed by atoms with van der Waals surface area (Å²) in [6.45, 7) is 4.02. The van der Waals surface area contributed by atoms with Crippen molar-refractivity contribution in [3.05, 3.63) is 52.3 Å². The maximum Gasteiger partial charge on any atom is 0.374 e. The number of nitrogens with zero attached hydrogens (tertiary/aromatic N) is 1. The van der Waals surface area contributed by atoms with Gasteiger partial charge in [0.25, 0.3) is 11.6 Å². The highest BCUT2D eigenvalue weighted by molar-refractivity contribution is 5.89. The summed E-state index contributed by atoms with van der Waals surface area (Å²) >= 11 is 0. The fraction of sp³-hybridized carbons (Fsp3) is 0.294. The highest BCUT2D eigenvalue weighted by atomic mass is 16.6. The van der Waals surface area contributed by atoms with Crippen LogP contribution in [0.15, 0.2) is 40.8 Å². The second kappa shape index (κ2) is 8.09. The molecule has 0 aliphatic heterocycles. The van der Waals surface area contributed by atoms with Gasteiger partial charge in [-0.25, -0.2) is 4.79 Å². The number of nitro groups is 1. The molecule has 2 rings (SSSR count). The van der Waals surface area contributed by atoms with E-state index in [0.29, 0.717) is 23.8 Å². The average molecular weight is 346 g/mol. The molecule has 1 N–H and O–H groups in total. The van der Waals surface area contributed by atoms with Gasteiger partial charge >= 0.3 is 5.97 Å². The van der Waals surface area contributed by atoms with Gasteiger partial charge < -0.3 is 14.5 Å². The number of nitro benzene ring substituents is 1. The van der Waals surface area contributed by atoms with E-state index in [2.05, 4.69) is 5.32 Å². The van der Waals surface area contributed by atoms with Crippen molar-refractivity contribution in [1.29, 1.82) is 0 Å². The Morgan fingerprint density at radius 1 is 1.20 bits per heavy atom. The molecule has 0 aliphatic carbocycles. The van der Waals surface area contributed by atoms with Crippen LogP contribution in [0.2, 0.25) is 0 Å². The van der Waals surface area contributed by atoms with Gasteiger partial charge in [-0.05, 0) is 30.2 Å². The summed E-state index contributed by atoms with van der Waals surface area (Å²) in [5.74, 6) is -0.526. The monoisotopic (exact) mass is 346 g/mol. The third kappa shape index (κ3) is 5.17. The summed E-state index contributed by atoms with van der Waals surface area (Å²) in [7, 11) is 0. The fourth-order valence-electron chi connectivity index (χ4n) is 1.92. The SMILES string of the molecule is CC(C)CNC(=O)COC(=O)c1ccc(-c2ccc([N+](=O)[O-])cc2)o1. The Morgan fingerprint density at radius 3 is 2.48 bits per heavy atom. The highest BCUT2D eigenvalue weighted by Crippen LogP contribution is 2.24. The zero-order chi connectivity index (χ0) is 18.4. The van der Waals surface area contributed by atoms with Crippen LogP contribution < -0.4 is 5.32 Å². The number of hydrogen-bond donors (Lipinski definition) is 1. The molecular formula is C17H18N2O6. The number of esters is 1. The maximum absolute atomic E-state index is 11.9. The lowest BCUT2D eigenvalue weighted by Gasteiger charge is -2.07. The van der Waals surface area contributed by atoms with Crippen molar-refractivity contribution in [1.82, 2.24) is 5.32 Å². The van der Waals surface area contributed by atoms with Gasteiger partial charge in [0, 0.05) is 24.2 Å². The Balaban J connectivity index is 1.94. The number of ether oxygens (including phenoxy) is 1. The minimum atomic E-state index is -0.757. The van der Waals surface area contributed by atoms with Gasteiger partial charge in [0.05, 0.1) is 4.92 Å². The summed E-state index contributed by atoms with van der Waals surface area (Å²) in [4.78, 5) is 33.6. The Bertz CT molecular complexity index is 764. The molecule has 8 nitrogen and oxygen atoms in total. The van der Waals surface area contributed by atoms with Gasteiger partial charge in [-0.15, -0.1) is 0 Å². The zero-order valence-electron chi connectivity index (χ0n) is 13.9. The van der Waals surface area contributed by atoms with Crippen molar-refractivity contribution >= 4 is 17.6 Å². The molecule has 0 spiro atoms. The van der Waals surface area contributed by atoms with Crippen LogP contribution in [0.5, 0.6) is 0 Å². The number of non-ortho nitro benzene ring substituents is 1. The first-order chi connectivity index (χ1) is 11.9. The van der Waals surface area contributed by atoms with Crippen LogP contribution in [0.3, 0.4) is 0 Å². The molecule has 0 saturated carbocycles. The molecule has 0 radical (unpaired) electrons. The molecule has 0 saturated heterocycles. The number of carbonyl (C=O) groups is 2.